The van der Waals surface area contributed by atoms with E-state index in [0.29, 0.717) is 45.3 Å². The number of esters is 1. The van der Waals surface area contributed by atoms with Crippen molar-refractivity contribution in [2.75, 3.05) is 13.2 Å². The molecule has 0 amide bonds. The van der Waals surface area contributed by atoms with Gasteiger partial charge in [0, 0.05) is 39.2 Å². The lowest BCUT2D eigenvalue weighted by atomic mass is 9.90. The molecule has 0 saturated carbocycles. The molecule has 5 aliphatic heterocycles. The van der Waals surface area contributed by atoms with Crippen molar-refractivity contribution >= 4 is 43.4 Å². The summed E-state index contributed by atoms with van der Waals surface area (Å²) in [6.45, 7) is 16.3. The highest BCUT2D eigenvalue weighted by molar-refractivity contribution is 7.00. The van der Waals surface area contributed by atoms with Crippen LogP contribution in [-0.2, 0) is 42.1 Å². The van der Waals surface area contributed by atoms with Crippen molar-refractivity contribution in [2.24, 2.45) is 0 Å². The van der Waals surface area contributed by atoms with E-state index in [-0.39, 0.29) is 47.0 Å². The molecule has 5 heterocycles. The minimum absolute atomic E-state index is 0.103. The Morgan fingerprint density at radius 3 is 1.59 bits per heavy atom. The lowest BCUT2D eigenvalue weighted by Crippen LogP contribution is -2.70. The minimum atomic E-state index is -3.13. The predicted octanol–water partition coefficient (Wildman–Crippen LogP) is 7.39. The Morgan fingerprint density at radius 1 is 0.574 bits per heavy atom. The lowest BCUT2D eigenvalue weighted by molar-refractivity contribution is -0.249. The maximum absolute atomic E-state index is 12.7. The second-order valence-electron chi connectivity index (χ2n) is 21.9. The number of hydrogen-bond donors (Lipinski definition) is 1. The summed E-state index contributed by atoms with van der Waals surface area (Å²) in [5.41, 5.74) is 0. The van der Waals surface area contributed by atoms with Gasteiger partial charge in [-0.05, 0) is 56.5 Å². The average Bonchev–Trinajstić information content (AvgIpc) is 3.45. The van der Waals surface area contributed by atoms with Crippen LogP contribution < -0.4 is 20.7 Å². The van der Waals surface area contributed by atoms with Crippen LogP contribution in [0.4, 0.5) is 0 Å². The van der Waals surface area contributed by atoms with Crippen LogP contribution in [0.5, 0.6) is 0 Å². The molecule has 0 radical (unpaired) electrons. The van der Waals surface area contributed by atoms with Gasteiger partial charge in [0.25, 0.3) is 16.6 Å². The van der Waals surface area contributed by atoms with Gasteiger partial charge < -0.3 is 42.4 Å². The zero-order valence-electron chi connectivity index (χ0n) is 41.2. The molecule has 10 nitrogen and oxygen atoms in total. The first-order valence-corrected chi connectivity index (χ1v) is 29.1. The Bertz CT molecular complexity index is 2160. The van der Waals surface area contributed by atoms with Gasteiger partial charge in [-0.2, -0.15) is 0 Å². The van der Waals surface area contributed by atoms with Crippen molar-refractivity contribution in [3.05, 3.63) is 121 Å². The molecule has 5 aliphatic rings. The van der Waals surface area contributed by atoms with Crippen molar-refractivity contribution in [1.82, 2.24) is 0 Å². The van der Waals surface area contributed by atoms with Gasteiger partial charge >= 0.3 is 5.97 Å². The van der Waals surface area contributed by atoms with Crippen LogP contribution in [0.3, 0.4) is 0 Å². The molecule has 4 aromatic rings. The average molecular weight is 963 g/mol. The fraction of sp³-hybridized carbons (Fsp3) is 0.554. The molecule has 5 saturated heterocycles. The SMILES string of the molecule is CC(=O)O[C@H]1CC(O)[C@H]2O[C@H]3CCCO[C@@H]3C[C@@H]2O[C@@H]2CC[C@@H]3O[C@H](CO[Si](c4ccccc4)(c4ccccc4)C(C)(C)C)[C@@H](O[Si](c4ccccc4)(c4ccccc4)C(C)(C)C)C[C@H]3O[C@H]2C1. The Hall–Kier alpha value is -3.54. The molecule has 366 valence electrons. The first kappa shape index (κ1) is 49.4. The summed E-state index contributed by atoms with van der Waals surface area (Å²) < 4.78 is 56.7. The maximum atomic E-state index is 12.7. The fourth-order valence-electron chi connectivity index (χ4n) is 12.3. The second-order valence-corrected chi connectivity index (χ2v) is 30.5. The molecule has 0 aromatic heterocycles. The van der Waals surface area contributed by atoms with Crippen LogP contribution >= 0.6 is 0 Å². The van der Waals surface area contributed by atoms with E-state index < -0.39 is 65.3 Å². The molecule has 12 heteroatoms. The van der Waals surface area contributed by atoms with Crippen LogP contribution in [0.1, 0.15) is 99.8 Å². The summed E-state index contributed by atoms with van der Waals surface area (Å²) in [6.07, 6.45) is -0.169. The smallest absolute Gasteiger partial charge is 0.302 e. The molecule has 5 fully saturated rings. The summed E-state index contributed by atoms with van der Waals surface area (Å²) in [6, 6.07) is 43.1. The number of fused-ring (bicyclic) bond motifs is 4. The predicted molar refractivity (Wildman–Crippen MR) is 269 cm³/mol. The van der Waals surface area contributed by atoms with E-state index in [1.54, 1.807) is 0 Å². The van der Waals surface area contributed by atoms with Crippen molar-refractivity contribution in [1.29, 1.82) is 0 Å². The Morgan fingerprint density at radius 2 is 1.06 bits per heavy atom. The Balaban J connectivity index is 1.11. The van der Waals surface area contributed by atoms with Crippen molar-refractivity contribution in [2.45, 2.75) is 183 Å². The van der Waals surface area contributed by atoms with Gasteiger partial charge in [-0.3, -0.25) is 4.79 Å². The molecular weight excluding hydrogens is 889 g/mol. The third-order valence-electron chi connectivity index (χ3n) is 15.4. The highest BCUT2D eigenvalue weighted by atomic mass is 28.4. The van der Waals surface area contributed by atoms with E-state index in [2.05, 4.69) is 163 Å². The number of hydrogen-bond acceptors (Lipinski definition) is 10. The molecular formula is C56H74O10Si2. The summed E-state index contributed by atoms with van der Waals surface area (Å²) in [5.74, 6) is -0.393. The van der Waals surface area contributed by atoms with Gasteiger partial charge in [-0.25, -0.2) is 0 Å². The first-order valence-electron chi connectivity index (χ1n) is 25.3. The minimum Gasteiger partial charge on any atom is -0.462 e. The Kier molecular flexibility index (Phi) is 15.0. The van der Waals surface area contributed by atoms with Crippen molar-refractivity contribution in [3.8, 4) is 0 Å². The highest BCUT2D eigenvalue weighted by Gasteiger charge is 2.57. The number of carbonyl (C=O) groups excluding carboxylic acids is 1. The normalized spacial score (nSPS) is 31.5. The molecule has 0 bridgehead atoms. The van der Waals surface area contributed by atoms with Gasteiger partial charge in [0.1, 0.15) is 18.3 Å². The molecule has 0 aliphatic carbocycles. The zero-order valence-corrected chi connectivity index (χ0v) is 43.2. The topological polar surface area (TPSA) is 111 Å². The molecule has 1 unspecified atom stereocenters. The van der Waals surface area contributed by atoms with E-state index in [1.807, 2.05) is 0 Å². The van der Waals surface area contributed by atoms with Gasteiger partial charge in [-0.1, -0.05) is 163 Å². The number of benzene rings is 4. The monoisotopic (exact) mass is 962 g/mol. The van der Waals surface area contributed by atoms with E-state index in [1.165, 1.54) is 27.7 Å². The summed E-state index contributed by atoms with van der Waals surface area (Å²) >= 11 is 0. The fourth-order valence-corrected chi connectivity index (χ4v) is 21.6. The van der Waals surface area contributed by atoms with Gasteiger partial charge in [0.2, 0.25) is 0 Å². The number of carbonyl (C=O) groups is 1. The number of aliphatic hydroxyl groups excluding tert-OH is 1. The number of rotatable bonds is 10. The van der Waals surface area contributed by atoms with E-state index in [0.717, 1.165) is 12.8 Å². The van der Waals surface area contributed by atoms with Crippen LogP contribution in [-0.4, -0.2) is 114 Å². The molecule has 12 atom stereocenters. The number of aliphatic hydroxyl groups is 1. The van der Waals surface area contributed by atoms with Crippen LogP contribution in [0.15, 0.2) is 121 Å². The van der Waals surface area contributed by atoms with Gasteiger partial charge in [0.05, 0.1) is 61.5 Å². The third-order valence-corrected chi connectivity index (χ3v) is 25.4. The molecule has 9 rings (SSSR count). The van der Waals surface area contributed by atoms with Gasteiger partial charge in [-0.15, -0.1) is 0 Å². The van der Waals surface area contributed by atoms with E-state index in [9.17, 15) is 9.90 Å². The summed E-state index contributed by atoms with van der Waals surface area (Å²) in [5, 5.41) is 16.1. The second kappa shape index (κ2) is 20.7. The zero-order chi connectivity index (χ0) is 47.7. The maximum Gasteiger partial charge on any atom is 0.302 e. The van der Waals surface area contributed by atoms with Gasteiger partial charge in [0.15, 0.2) is 0 Å². The first-order chi connectivity index (χ1) is 32.7. The molecule has 1 N–H and O–H groups in total. The summed E-state index contributed by atoms with van der Waals surface area (Å²) in [7, 11) is -6.13. The number of ether oxygens (including phenoxy) is 6. The van der Waals surface area contributed by atoms with Crippen molar-refractivity contribution in [3.63, 3.8) is 0 Å². The highest BCUT2D eigenvalue weighted by Crippen LogP contribution is 2.44. The van der Waals surface area contributed by atoms with E-state index in [4.69, 9.17) is 37.3 Å². The summed E-state index contributed by atoms with van der Waals surface area (Å²) in [4.78, 5) is 12.7. The van der Waals surface area contributed by atoms with Crippen LogP contribution in [0.2, 0.25) is 10.1 Å². The lowest BCUT2D eigenvalue weighted by Gasteiger charge is -2.50. The standard InChI is InChI=1S/C56H74O10Si2/c1-38(57)61-39-33-44(58)54-52(35-48-45(65-54)29-20-32-59-48)62-46-30-31-47-50(64-49(46)34-39)36-51(66-68(56(5,6)7,42-25-16-10-17-26-42)43-27-18-11-19-28-43)53(63-47)37-60-67(55(2,3)4,40-21-12-8-13-22-40)41-23-14-9-15-24-41/h8-19,21-28,39,44-54,58H,20,29-37H2,1-7H3/t39-,44?,45-,46+,47-,48+,49-,50+,51-,52-,53+,54+/m0/s1. The molecule has 68 heavy (non-hydrogen) atoms. The van der Waals surface area contributed by atoms with Crippen LogP contribution in [0.25, 0.3) is 0 Å². The van der Waals surface area contributed by atoms with E-state index >= 15 is 0 Å². The molecule has 4 aromatic carbocycles. The van der Waals surface area contributed by atoms with Crippen LogP contribution in [0, 0.1) is 0 Å². The molecule has 0 spiro atoms. The third kappa shape index (κ3) is 10.0. The Labute approximate surface area is 406 Å². The van der Waals surface area contributed by atoms with Crippen molar-refractivity contribution < 1.29 is 47.2 Å². The largest absolute Gasteiger partial charge is 0.462 e. The quantitative estimate of drug-likeness (QED) is 0.128.